The molecule has 2 aromatic rings. The van der Waals surface area contributed by atoms with Gasteiger partial charge in [0.05, 0.1) is 6.42 Å². The molecule has 0 fully saturated rings. The molecule has 0 aliphatic rings. The smallest absolute Gasteiger partial charge is 0.307 e. The van der Waals surface area contributed by atoms with Gasteiger partial charge in [0.2, 0.25) is 0 Å². The van der Waals surface area contributed by atoms with Crippen LogP contribution in [0.5, 0.6) is 5.75 Å². The molecule has 0 atom stereocenters. The molecule has 0 amide bonds. The van der Waals surface area contributed by atoms with Crippen LogP contribution in [-0.4, -0.2) is 11.1 Å². The molecule has 0 aromatic heterocycles. The van der Waals surface area contributed by atoms with Crippen LogP contribution in [0.3, 0.4) is 0 Å². The summed E-state index contributed by atoms with van der Waals surface area (Å²) in [5, 5.41) is 8.90. The number of hydrogen-bond donors (Lipinski definition) is 1. The minimum Gasteiger partial charge on any atom is -0.489 e. The highest BCUT2D eigenvalue weighted by atomic mass is 16.5. The summed E-state index contributed by atoms with van der Waals surface area (Å²) >= 11 is 0. The zero-order chi connectivity index (χ0) is 14.5. The fourth-order valence-electron chi connectivity index (χ4n) is 2.00. The van der Waals surface area contributed by atoms with Gasteiger partial charge >= 0.3 is 5.97 Å². The number of benzene rings is 2. The monoisotopic (exact) mass is 270 g/mol. The molecular weight excluding hydrogens is 252 g/mol. The highest BCUT2D eigenvalue weighted by Crippen LogP contribution is 2.19. The minimum absolute atomic E-state index is 0.0203. The lowest BCUT2D eigenvalue weighted by Gasteiger charge is -2.11. The molecule has 104 valence electrons. The fraction of sp³-hybridized carbons (Fsp3) is 0.235. The van der Waals surface area contributed by atoms with Crippen LogP contribution in [0.15, 0.2) is 42.5 Å². The van der Waals surface area contributed by atoms with Crippen molar-refractivity contribution < 1.29 is 14.6 Å². The van der Waals surface area contributed by atoms with Crippen LogP contribution >= 0.6 is 0 Å². The zero-order valence-corrected chi connectivity index (χ0v) is 11.7. The van der Waals surface area contributed by atoms with Gasteiger partial charge in [-0.25, -0.2) is 0 Å². The summed E-state index contributed by atoms with van der Waals surface area (Å²) in [6.07, 6.45) is 0.0203. The minimum atomic E-state index is -0.830. The van der Waals surface area contributed by atoms with E-state index in [0.29, 0.717) is 6.61 Å². The lowest BCUT2D eigenvalue weighted by atomic mass is 10.1. The zero-order valence-electron chi connectivity index (χ0n) is 11.7. The lowest BCUT2D eigenvalue weighted by Crippen LogP contribution is -2.06. The topological polar surface area (TPSA) is 46.5 Å². The van der Waals surface area contributed by atoms with Crippen LogP contribution in [0.1, 0.15) is 22.3 Å². The van der Waals surface area contributed by atoms with E-state index in [0.717, 1.165) is 16.9 Å². The molecular formula is C17H18O3. The van der Waals surface area contributed by atoms with Crippen LogP contribution in [-0.2, 0) is 17.8 Å². The summed E-state index contributed by atoms with van der Waals surface area (Å²) in [5.41, 5.74) is 4.11. The number of rotatable bonds is 5. The van der Waals surface area contributed by atoms with Crippen molar-refractivity contribution in [2.45, 2.75) is 26.9 Å². The standard InChI is InChI=1S/C17H18O3/c1-12-7-8-16(9-13(12)2)20-11-15-6-4-3-5-14(15)10-17(18)19/h3-9H,10-11H2,1-2H3,(H,18,19). The predicted octanol–water partition coefficient (Wildman–Crippen LogP) is 3.51. The Morgan fingerprint density at radius 3 is 2.40 bits per heavy atom. The molecule has 0 saturated carbocycles. The van der Waals surface area contributed by atoms with E-state index in [1.54, 1.807) is 0 Å². The summed E-state index contributed by atoms with van der Waals surface area (Å²) < 4.78 is 5.76. The summed E-state index contributed by atoms with van der Waals surface area (Å²) in [6, 6.07) is 13.4. The number of carboxylic acid groups (broad SMARTS) is 1. The number of carbonyl (C=O) groups is 1. The highest BCUT2D eigenvalue weighted by Gasteiger charge is 2.07. The maximum absolute atomic E-state index is 10.8. The average Bonchev–Trinajstić information content (AvgIpc) is 2.41. The van der Waals surface area contributed by atoms with Crippen molar-refractivity contribution in [3.63, 3.8) is 0 Å². The Hall–Kier alpha value is -2.29. The van der Waals surface area contributed by atoms with Crippen LogP contribution in [0.4, 0.5) is 0 Å². The Morgan fingerprint density at radius 2 is 1.75 bits per heavy atom. The molecule has 20 heavy (non-hydrogen) atoms. The van der Waals surface area contributed by atoms with E-state index in [2.05, 4.69) is 6.92 Å². The number of carboxylic acids is 1. The van der Waals surface area contributed by atoms with Gasteiger partial charge in [-0.15, -0.1) is 0 Å². The van der Waals surface area contributed by atoms with Gasteiger partial charge in [0.1, 0.15) is 12.4 Å². The summed E-state index contributed by atoms with van der Waals surface area (Å²) in [4.78, 5) is 10.8. The van der Waals surface area contributed by atoms with Crippen molar-refractivity contribution in [2.75, 3.05) is 0 Å². The molecule has 3 heteroatoms. The van der Waals surface area contributed by atoms with Gasteiger partial charge < -0.3 is 9.84 Å². The molecule has 0 aliphatic carbocycles. The van der Waals surface area contributed by atoms with E-state index < -0.39 is 5.97 Å². The first kappa shape index (κ1) is 14.1. The van der Waals surface area contributed by atoms with E-state index in [9.17, 15) is 4.79 Å². The van der Waals surface area contributed by atoms with E-state index in [1.807, 2.05) is 49.4 Å². The predicted molar refractivity (Wildman–Crippen MR) is 78.0 cm³/mol. The number of ether oxygens (including phenoxy) is 1. The van der Waals surface area contributed by atoms with E-state index in [-0.39, 0.29) is 6.42 Å². The van der Waals surface area contributed by atoms with Gasteiger partial charge in [-0.1, -0.05) is 30.3 Å². The van der Waals surface area contributed by atoms with Gasteiger partial charge in [-0.3, -0.25) is 4.79 Å². The molecule has 0 heterocycles. The quantitative estimate of drug-likeness (QED) is 0.904. The maximum Gasteiger partial charge on any atom is 0.307 e. The molecule has 0 unspecified atom stereocenters. The molecule has 2 rings (SSSR count). The van der Waals surface area contributed by atoms with Crippen molar-refractivity contribution in [2.24, 2.45) is 0 Å². The third-order valence-electron chi connectivity index (χ3n) is 3.33. The van der Waals surface area contributed by atoms with Gasteiger partial charge in [0.25, 0.3) is 0 Å². The molecule has 3 nitrogen and oxygen atoms in total. The molecule has 2 aromatic carbocycles. The number of aliphatic carboxylic acids is 1. The molecule has 0 radical (unpaired) electrons. The van der Waals surface area contributed by atoms with Crippen LogP contribution in [0, 0.1) is 13.8 Å². The normalized spacial score (nSPS) is 10.3. The number of hydrogen-bond acceptors (Lipinski definition) is 2. The Bertz CT molecular complexity index is 617. The molecule has 0 bridgehead atoms. The first-order chi connectivity index (χ1) is 9.56. The van der Waals surface area contributed by atoms with Gasteiger partial charge in [0, 0.05) is 0 Å². The second kappa shape index (κ2) is 6.24. The first-order valence-electron chi connectivity index (χ1n) is 6.55. The van der Waals surface area contributed by atoms with E-state index in [1.165, 1.54) is 11.1 Å². The summed E-state index contributed by atoms with van der Waals surface area (Å²) in [5.74, 6) is -0.0261. The second-order valence-corrected chi connectivity index (χ2v) is 4.87. The van der Waals surface area contributed by atoms with E-state index >= 15 is 0 Å². The van der Waals surface area contributed by atoms with Crippen molar-refractivity contribution in [3.8, 4) is 5.75 Å². The Morgan fingerprint density at radius 1 is 1.05 bits per heavy atom. The van der Waals surface area contributed by atoms with Crippen molar-refractivity contribution in [1.29, 1.82) is 0 Å². The van der Waals surface area contributed by atoms with Crippen LogP contribution in [0.2, 0.25) is 0 Å². The summed E-state index contributed by atoms with van der Waals surface area (Å²) in [6.45, 7) is 4.48. The highest BCUT2D eigenvalue weighted by molar-refractivity contribution is 5.70. The molecule has 0 spiro atoms. The second-order valence-electron chi connectivity index (χ2n) is 4.87. The van der Waals surface area contributed by atoms with E-state index in [4.69, 9.17) is 9.84 Å². The van der Waals surface area contributed by atoms with Gasteiger partial charge in [0.15, 0.2) is 0 Å². The average molecular weight is 270 g/mol. The van der Waals surface area contributed by atoms with Gasteiger partial charge in [-0.2, -0.15) is 0 Å². The first-order valence-corrected chi connectivity index (χ1v) is 6.55. The lowest BCUT2D eigenvalue weighted by molar-refractivity contribution is -0.136. The SMILES string of the molecule is Cc1ccc(OCc2ccccc2CC(=O)O)cc1C. The number of aryl methyl sites for hydroxylation is 2. The maximum atomic E-state index is 10.8. The van der Waals surface area contributed by atoms with Crippen LogP contribution < -0.4 is 4.74 Å². The Kier molecular flexibility index (Phi) is 4.41. The molecule has 0 saturated heterocycles. The summed E-state index contributed by atoms with van der Waals surface area (Å²) in [7, 11) is 0. The van der Waals surface area contributed by atoms with Crippen molar-refractivity contribution in [1.82, 2.24) is 0 Å². The molecule has 0 aliphatic heterocycles. The Balaban J connectivity index is 2.10. The molecule has 1 N–H and O–H groups in total. The fourth-order valence-corrected chi connectivity index (χ4v) is 2.00. The third kappa shape index (κ3) is 3.60. The van der Waals surface area contributed by atoms with Crippen molar-refractivity contribution >= 4 is 5.97 Å². The van der Waals surface area contributed by atoms with Gasteiger partial charge in [-0.05, 0) is 48.2 Å². The third-order valence-corrected chi connectivity index (χ3v) is 3.33. The van der Waals surface area contributed by atoms with Crippen LogP contribution in [0.25, 0.3) is 0 Å². The van der Waals surface area contributed by atoms with Crippen molar-refractivity contribution in [3.05, 3.63) is 64.7 Å². The Labute approximate surface area is 118 Å². The largest absolute Gasteiger partial charge is 0.489 e.